The van der Waals surface area contributed by atoms with Crippen molar-refractivity contribution in [1.82, 2.24) is 14.5 Å². The van der Waals surface area contributed by atoms with Crippen LogP contribution in [-0.4, -0.2) is 38.7 Å². The Balaban J connectivity index is 1.77. The molecule has 19 heavy (non-hydrogen) atoms. The number of rotatable bonds is 2. The quantitative estimate of drug-likeness (QED) is 0.918. The van der Waals surface area contributed by atoms with Gasteiger partial charge in [-0.3, -0.25) is 0 Å². The molecule has 0 saturated carbocycles. The maximum absolute atomic E-state index is 11.0. The Hall–Kier alpha value is -1.82. The van der Waals surface area contributed by atoms with Gasteiger partial charge in [0.2, 0.25) is 0 Å². The molecule has 3 heterocycles. The zero-order valence-corrected chi connectivity index (χ0v) is 11.2. The number of likely N-dealkylation sites (tertiary alicyclic amines) is 1. The van der Waals surface area contributed by atoms with Gasteiger partial charge in [0, 0.05) is 30.6 Å². The Morgan fingerprint density at radius 1 is 1.53 bits per heavy atom. The zero-order chi connectivity index (χ0) is 13.2. The highest BCUT2D eigenvalue weighted by atomic mass is 32.1. The monoisotopic (exact) mass is 277 g/mol. The summed E-state index contributed by atoms with van der Waals surface area (Å²) < 4.78 is 1.99. The second-order valence-corrected chi connectivity index (χ2v) is 5.54. The van der Waals surface area contributed by atoms with Crippen LogP contribution in [0.25, 0.3) is 5.69 Å². The third kappa shape index (κ3) is 2.49. The third-order valence-electron chi connectivity index (χ3n) is 3.52. The summed E-state index contributed by atoms with van der Waals surface area (Å²) in [7, 11) is 0. The van der Waals surface area contributed by atoms with E-state index in [0.29, 0.717) is 13.1 Å². The Bertz CT molecular complexity index is 564. The Morgan fingerprint density at radius 3 is 3.16 bits per heavy atom. The fraction of sp³-hybridized carbons (Fsp3) is 0.385. The maximum Gasteiger partial charge on any atom is 0.407 e. The second-order valence-electron chi connectivity index (χ2n) is 4.76. The zero-order valence-electron chi connectivity index (χ0n) is 10.4. The van der Waals surface area contributed by atoms with Crippen LogP contribution in [0.1, 0.15) is 24.5 Å². The molecule has 0 spiro atoms. The molecule has 1 fully saturated rings. The molecule has 1 aliphatic rings. The number of aromatic nitrogens is 2. The average Bonchev–Trinajstić information content (AvgIpc) is 3.09. The van der Waals surface area contributed by atoms with E-state index in [1.165, 1.54) is 4.90 Å². The number of carbonyl (C=O) groups is 1. The lowest BCUT2D eigenvalue weighted by molar-refractivity contribution is 0.130. The van der Waals surface area contributed by atoms with Crippen LogP contribution >= 0.6 is 11.3 Å². The Kier molecular flexibility index (Phi) is 3.25. The standard InChI is InChI=1S/C13H15N3O2S/c17-13(18)15-4-1-2-10(6-15)12-7-16(9-14-12)11-3-5-19-8-11/h3,5,7-10H,1-2,4,6H2,(H,17,18)/t10-/m0/s1. The molecule has 1 N–H and O–H groups in total. The van der Waals surface area contributed by atoms with Crippen LogP contribution in [0.5, 0.6) is 0 Å². The highest BCUT2D eigenvalue weighted by Crippen LogP contribution is 2.26. The predicted molar refractivity (Wildman–Crippen MR) is 73.0 cm³/mol. The molecule has 1 aliphatic heterocycles. The van der Waals surface area contributed by atoms with Gasteiger partial charge in [-0.25, -0.2) is 9.78 Å². The first-order valence-corrected chi connectivity index (χ1v) is 7.22. The van der Waals surface area contributed by atoms with Crippen molar-refractivity contribution in [3.05, 3.63) is 35.0 Å². The van der Waals surface area contributed by atoms with Gasteiger partial charge in [0.15, 0.2) is 0 Å². The molecule has 5 nitrogen and oxygen atoms in total. The Labute approximate surface area is 115 Å². The van der Waals surface area contributed by atoms with Crippen LogP contribution in [-0.2, 0) is 0 Å². The van der Waals surface area contributed by atoms with Crippen molar-refractivity contribution in [2.45, 2.75) is 18.8 Å². The van der Waals surface area contributed by atoms with Crippen molar-refractivity contribution in [2.24, 2.45) is 0 Å². The summed E-state index contributed by atoms with van der Waals surface area (Å²) in [4.78, 5) is 16.9. The number of imidazole rings is 1. The first-order chi connectivity index (χ1) is 9.24. The largest absolute Gasteiger partial charge is 0.465 e. The molecule has 1 atom stereocenters. The summed E-state index contributed by atoms with van der Waals surface area (Å²) in [5.74, 6) is 0.213. The van der Waals surface area contributed by atoms with Gasteiger partial charge in [0.05, 0.1) is 17.7 Å². The predicted octanol–water partition coefficient (Wildman–Crippen LogP) is 2.79. The lowest BCUT2D eigenvalue weighted by atomic mass is 9.95. The lowest BCUT2D eigenvalue weighted by Crippen LogP contribution is -2.38. The number of piperidine rings is 1. The molecule has 2 aromatic rings. The minimum absolute atomic E-state index is 0.213. The van der Waals surface area contributed by atoms with Crippen molar-refractivity contribution in [3.8, 4) is 5.69 Å². The number of carboxylic acid groups (broad SMARTS) is 1. The van der Waals surface area contributed by atoms with Crippen molar-refractivity contribution < 1.29 is 9.90 Å². The van der Waals surface area contributed by atoms with Crippen molar-refractivity contribution in [3.63, 3.8) is 0 Å². The molecule has 6 heteroatoms. The van der Waals surface area contributed by atoms with E-state index in [1.54, 1.807) is 17.7 Å². The normalized spacial score (nSPS) is 19.6. The van der Waals surface area contributed by atoms with Gasteiger partial charge < -0.3 is 14.6 Å². The summed E-state index contributed by atoms with van der Waals surface area (Å²) in [6.45, 7) is 1.19. The molecular formula is C13H15N3O2S. The van der Waals surface area contributed by atoms with Gasteiger partial charge in [-0.1, -0.05) is 0 Å². The molecule has 0 radical (unpaired) electrons. The molecule has 100 valence electrons. The molecule has 0 unspecified atom stereocenters. The summed E-state index contributed by atoms with van der Waals surface area (Å²) in [6.07, 6.45) is 4.89. The molecule has 1 saturated heterocycles. The minimum atomic E-state index is -0.832. The van der Waals surface area contributed by atoms with Crippen molar-refractivity contribution >= 4 is 17.4 Å². The van der Waals surface area contributed by atoms with Gasteiger partial charge in [-0.2, -0.15) is 11.3 Å². The second kappa shape index (κ2) is 5.05. The number of hydrogen-bond acceptors (Lipinski definition) is 3. The molecule has 2 aromatic heterocycles. The fourth-order valence-electron chi connectivity index (χ4n) is 2.49. The Morgan fingerprint density at radius 2 is 2.42 bits per heavy atom. The molecule has 1 amide bonds. The van der Waals surface area contributed by atoms with Gasteiger partial charge >= 0.3 is 6.09 Å². The van der Waals surface area contributed by atoms with Crippen LogP contribution in [0, 0.1) is 0 Å². The highest BCUT2D eigenvalue weighted by Gasteiger charge is 2.25. The molecule has 0 aromatic carbocycles. The fourth-order valence-corrected chi connectivity index (χ4v) is 3.12. The molecule has 0 bridgehead atoms. The van der Waals surface area contributed by atoms with E-state index in [0.717, 1.165) is 24.2 Å². The van der Waals surface area contributed by atoms with E-state index in [-0.39, 0.29) is 5.92 Å². The van der Waals surface area contributed by atoms with Gasteiger partial charge in [0.1, 0.15) is 0 Å². The number of hydrogen-bond donors (Lipinski definition) is 1. The first kappa shape index (κ1) is 12.2. The molecule has 0 aliphatic carbocycles. The SMILES string of the molecule is O=C(O)N1CCC[C@H](c2cn(-c3ccsc3)cn2)C1. The van der Waals surface area contributed by atoms with E-state index in [9.17, 15) is 4.79 Å². The van der Waals surface area contributed by atoms with Gasteiger partial charge in [-0.15, -0.1) is 0 Å². The number of thiophene rings is 1. The lowest BCUT2D eigenvalue weighted by Gasteiger charge is -2.29. The topological polar surface area (TPSA) is 58.4 Å². The minimum Gasteiger partial charge on any atom is -0.465 e. The third-order valence-corrected chi connectivity index (χ3v) is 4.19. The molecule has 3 rings (SSSR count). The van der Waals surface area contributed by atoms with Crippen molar-refractivity contribution in [1.29, 1.82) is 0 Å². The smallest absolute Gasteiger partial charge is 0.407 e. The summed E-state index contributed by atoms with van der Waals surface area (Å²) in [6, 6.07) is 2.04. The van der Waals surface area contributed by atoms with Crippen LogP contribution < -0.4 is 0 Å². The number of nitrogens with zero attached hydrogens (tertiary/aromatic N) is 3. The molecular weight excluding hydrogens is 262 g/mol. The van der Waals surface area contributed by atoms with Crippen LogP contribution in [0.15, 0.2) is 29.4 Å². The summed E-state index contributed by atoms with van der Waals surface area (Å²) in [5.41, 5.74) is 2.09. The van der Waals surface area contributed by atoms with E-state index in [1.807, 2.05) is 22.2 Å². The van der Waals surface area contributed by atoms with Crippen molar-refractivity contribution in [2.75, 3.05) is 13.1 Å². The van der Waals surface area contributed by atoms with Crippen LogP contribution in [0.4, 0.5) is 4.79 Å². The highest BCUT2D eigenvalue weighted by molar-refractivity contribution is 7.08. The first-order valence-electron chi connectivity index (χ1n) is 6.28. The van der Waals surface area contributed by atoms with E-state index < -0.39 is 6.09 Å². The van der Waals surface area contributed by atoms with Crippen LogP contribution in [0.3, 0.4) is 0 Å². The number of amides is 1. The van der Waals surface area contributed by atoms with Gasteiger partial charge in [-0.05, 0) is 24.3 Å². The van der Waals surface area contributed by atoms with E-state index in [4.69, 9.17) is 5.11 Å². The van der Waals surface area contributed by atoms with E-state index >= 15 is 0 Å². The summed E-state index contributed by atoms with van der Waals surface area (Å²) >= 11 is 1.65. The van der Waals surface area contributed by atoms with E-state index in [2.05, 4.69) is 10.4 Å². The maximum atomic E-state index is 11.0. The van der Waals surface area contributed by atoms with Crippen LogP contribution in [0.2, 0.25) is 0 Å². The summed E-state index contributed by atoms with van der Waals surface area (Å²) in [5, 5.41) is 13.2. The van der Waals surface area contributed by atoms with Gasteiger partial charge in [0.25, 0.3) is 0 Å². The average molecular weight is 277 g/mol.